The van der Waals surface area contributed by atoms with Crippen molar-refractivity contribution in [2.45, 2.75) is 25.7 Å². The smallest absolute Gasteiger partial charge is 0.333 e. The second-order valence-corrected chi connectivity index (χ2v) is 4.46. The Kier molecular flexibility index (Phi) is 3.32. The van der Waals surface area contributed by atoms with E-state index in [0.29, 0.717) is 18.6 Å². The summed E-state index contributed by atoms with van der Waals surface area (Å²) in [5.74, 6) is -0.257. The molecule has 3 heteroatoms. The standard InChI is InChI=1S/C15H16O3/c1-3-18-14(17)12-9-15(10-12,11(2)16)13-7-5-4-6-8-13/h4-9H,3,10H2,1-2H3. The molecule has 0 saturated carbocycles. The van der Waals surface area contributed by atoms with Gasteiger partial charge < -0.3 is 4.74 Å². The van der Waals surface area contributed by atoms with Crippen molar-refractivity contribution in [1.29, 1.82) is 0 Å². The maximum Gasteiger partial charge on any atom is 0.333 e. The third kappa shape index (κ3) is 1.96. The van der Waals surface area contributed by atoms with E-state index in [-0.39, 0.29) is 11.8 Å². The Morgan fingerprint density at radius 1 is 1.28 bits per heavy atom. The summed E-state index contributed by atoms with van der Waals surface area (Å²) in [6, 6.07) is 9.54. The van der Waals surface area contributed by atoms with Crippen LogP contribution in [0.2, 0.25) is 0 Å². The average Bonchev–Trinajstić information content (AvgIpc) is 2.29. The number of hydrogen-bond donors (Lipinski definition) is 0. The van der Waals surface area contributed by atoms with E-state index in [2.05, 4.69) is 0 Å². The van der Waals surface area contributed by atoms with Crippen LogP contribution in [0.15, 0.2) is 42.0 Å². The highest BCUT2D eigenvalue weighted by atomic mass is 16.5. The molecule has 0 amide bonds. The molecule has 94 valence electrons. The Hall–Kier alpha value is -1.90. The summed E-state index contributed by atoms with van der Waals surface area (Å²) in [7, 11) is 0. The number of carbonyl (C=O) groups is 2. The minimum atomic E-state index is -0.636. The molecule has 1 aromatic rings. The van der Waals surface area contributed by atoms with Gasteiger partial charge in [0, 0.05) is 5.57 Å². The lowest BCUT2D eigenvalue weighted by Gasteiger charge is -2.37. The number of benzene rings is 1. The highest BCUT2D eigenvalue weighted by molar-refractivity contribution is 6.00. The van der Waals surface area contributed by atoms with Gasteiger partial charge in [-0.3, -0.25) is 4.79 Å². The first kappa shape index (κ1) is 12.6. The van der Waals surface area contributed by atoms with Crippen LogP contribution in [-0.4, -0.2) is 18.4 Å². The van der Waals surface area contributed by atoms with Gasteiger partial charge in [-0.2, -0.15) is 0 Å². The van der Waals surface area contributed by atoms with Crippen molar-refractivity contribution in [2.75, 3.05) is 6.61 Å². The number of esters is 1. The summed E-state index contributed by atoms with van der Waals surface area (Å²) >= 11 is 0. The first-order valence-corrected chi connectivity index (χ1v) is 6.05. The highest BCUT2D eigenvalue weighted by Gasteiger charge is 2.45. The fraction of sp³-hybridized carbons (Fsp3) is 0.333. The molecule has 0 fully saturated rings. The average molecular weight is 244 g/mol. The third-order valence-corrected chi connectivity index (χ3v) is 3.34. The number of ketones is 1. The molecule has 1 aliphatic rings. The highest BCUT2D eigenvalue weighted by Crippen LogP contribution is 2.43. The molecule has 0 aliphatic heterocycles. The summed E-state index contributed by atoms with van der Waals surface area (Å²) in [5.41, 5.74) is 0.894. The molecular weight excluding hydrogens is 228 g/mol. The molecule has 1 aromatic carbocycles. The molecule has 0 saturated heterocycles. The van der Waals surface area contributed by atoms with Crippen molar-refractivity contribution >= 4 is 11.8 Å². The van der Waals surface area contributed by atoms with E-state index < -0.39 is 5.41 Å². The van der Waals surface area contributed by atoms with Crippen molar-refractivity contribution in [3.63, 3.8) is 0 Å². The van der Waals surface area contributed by atoms with Gasteiger partial charge in [-0.1, -0.05) is 36.4 Å². The topological polar surface area (TPSA) is 43.4 Å². The van der Waals surface area contributed by atoms with Crippen molar-refractivity contribution in [2.24, 2.45) is 0 Å². The zero-order chi connectivity index (χ0) is 13.2. The third-order valence-electron chi connectivity index (χ3n) is 3.34. The van der Waals surface area contributed by atoms with Crippen molar-refractivity contribution < 1.29 is 14.3 Å². The second kappa shape index (κ2) is 4.77. The van der Waals surface area contributed by atoms with Crippen LogP contribution < -0.4 is 0 Å². The molecule has 1 aliphatic carbocycles. The predicted molar refractivity (Wildman–Crippen MR) is 68.1 cm³/mol. The van der Waals surface area contributed by atoms with E-state index in [1.165, 1.54) is 0 Å². The van der Waals surface area contributed by atoms with Crippen LogP contribution in [-0.2, 0) is 19.7 Å². The lowest BCUT2D eigenvalue weighted by Crippen LogP contribution is -2.41. The maximum atomic E-state index is 11.9. The van der Waals surface area contributed by atoms with Gasteiger partial charge in [-0.15, -0.1) is 0 Å². The minimum Gasteiger partial charge on any atom is -0.463 e. The van der Waals surface area contributed by atoms with E-state index in [1.54, 1.807) is 19.9 Å². The largest absolute Gasteiger partial charge is 0.463 e. The quantitative estimate of drug-likeness (QED) is 0.764. The van der Waals surface area contributed by atoms with Crippen LogP contribution >= 0.6 is 0 Å². The molecule has 3 nitrogen and oxygen atoms in total. The minimum absolute atomic E-state index is 0.0572. The first-order valence-electron chi connectivity index (χ1n) is 6.05. The van der Waals surface area contributed by atoms with E-state index in [1.807, 2.05) is 30.3 Å². The zero-order valence-corrected chi connectivity index (χ0v) is 10.6. The molecule has 1 unspecified atom stereocenters. The van der Waals surface area contributed by atoms with Gasteiger partial charge in [0.25, 0.3) is 0 Å². The normalized spacial score (nSPS) is 21.8. The molecule has 2 rings (SSSR count). The lowest BCUT2D eigenvalue weighted by molar-refractivity contribution is -0.139. The van der Waals surface area contributed by atoms with E-state index in [4.69, 9.17) is 4.74 Å². The van der Waals surface area contributed by atoms with Crippen molar-refractivity contribution in [3.05, 3.63) is 47.5 Å². The van der Waals surface area contributed by atoms with Crippen LogP contribution in [0.3, 0.4) is 0 Å². The molecule has 0 aromatic heterocycles. The van der Waals surface area contributed by atoms with Crippen LogP contribution in [0.4, 0.5) is 0 Å². The van der Waals surface area contributed by atoms with Gasteiger partial charge in [-0.25, -0.2) is 4.79 Å². The van der Waals surface area contributed by atoms with Gasteiger partial charge in [0.05, 0.1) is 12.0 Å². The predicted octanol–water partition coefficient (Wildman–Crippen LogP) is 2.41. The number of Topliss-reactive ketones (excluding diaryl/α,β-unsaturated/α-hetero) is 1. The number of carbonyl (C=O) groups excluding carboxylic acids is 2. The van der Waals surface area contributed by atoms with Gasteiger partial charge in [0.2, 0.25) is 0 Å². The Morgan fingerprint density at radius 3 is 2.39 bits per heavy atom. The molecule has 0 bridgehead atoms. The lowest BCUT2D eigenvalue weighted by atomic mass is 9.64. The number of rotatable bonds is 4. The molecular formula is C15H16O3. The Balaban J connectivity index is 2.30. The Morgan fingerprint density at radius 2 is 1.89 bits per heavy atom. The molecule has 18 heavy (non-hydrogen) atoms. The molecule has 0 heterocycles. The van der Waals surface area contributed by atoms with E-state index >= 15 is 0 Å². The molecule has 0 spiro atoms. The van der Waals surface area contributed by atoms with Gasteiger partial charge >= 0.3 is 5.97 Å². The summed E-state index contributed by atoms with van der Waals surface area (Å²) in [4.78, 5) is 23.4. The van der Waals surface area contributed by atoms with E-state index in [0.717, 1.165) is 5.56 Å². The monoisotopic (exact) mass is 244 g/mol. The van der Waals surface area contributed by atoms with Crippen molar-refractivity contribution in [1.82, 2.24) is 0 Å². The van der Waals surface area contributed by atoms with Gasteiger partial charge in [-0.05, 0) is 25.8 Å². The van der Waals surface area contributed by atoms with Gasteiger partial charge in [0.15, 0.2) is 0 Å². The summed E-state index contributed by atoms with van der Waals surface area (Å²) in [6.45, 7) is 3.69. The number of allylic oxidation sites excluding steroid dienone is 1. The number of hydrogen-bond acceptors (Lipinski definition) is 3. The molecule has 0 radical (unpaired) electrons. The Bertz CT molecular complexity index is 502. The van der Waals surface area contributed by atoms with Crippen molar-refractivity contribution in [3.8, 4) is 0 Å². The van der Waals surface area contributed by atoms with Crippen LogP contribution in [0, 0.1) is 0 Å². The zero-order valence-electron chi connectivity index (χ0n) is 10.6. The first-order chi connectivity index (χ1) is 8.60. The molecule has 0 N–H and O–H groups in total. The molecule has 1 atom stereocenters. The maximum absolute atomic E-state index is 11.9. The fourth-order valence-corrected chi connectivity index (χ4v) is 2.27. The van der Waals surface area contributed by atoms with Crippen LogP contribution in [0.25, 0.3) is 0 Å². The van der Waals surface area contributed by atoms with Crippen LogP contribution in [0.5, 0.6) is 0 Å². The number of ether oxygens (including phenoxy) is 1. The Labute approximate surface area is 106 Å². The summed E-state index contributed by atoms with van der Waals surface area (Å²) < 4.78 is 4.94. The SMILES string of the molecule is CCOC(=O)C1=CC(C(C)=O)(c2ccccc2)C1. The summed E-state index contributed by atoms with van der Waals surface area (Å²) in [5, 5.41) is 0. The second-order valence-electron chi connectivity index (χ2n) is 4.46. The fourth-order valence-electron chi connectivity index (χ4n) is 2.27. The summed E-state index contributed by atoms with van der Waals surface area (Å²) in [6.07, 6.45) is 2.17. The van der Waals surface area contributed by atoms with Crippen LogP contribution in [0.1, 0.15) is 25.8 Å². The van der Waals surface area contributed by atoms with E-state index in [9.17, 15) is 9.59 Å². The van der Waals surface area contributed by atoms with Gasteiger partial charge in [0.1, 0.15) is 5.78 Å².